The van der Waals surface area contributed by atoms with E-state index in [2.05, 4.69) is 24.3 Å². The van der Waals surface area contributed by atoms with Crippen molar-refractivity contribution in [3.63, 3.8) is 0 Å². The Kier molecular flexibility index (Phi) is 3.94. The molecule has 4 rings (SSSR count). The number of sulfonamides is 1. The Bertz CT molecular complexity index is 1070. The lowest BCUT2D eigenvalue weighted by Crippen LogP contribution is -2.30. The van der Waals surface area contributed by atoms with Crippen LogP contribution in [0.5, 0.6) is 0 Å². The highest BCUT2D eigenvalue weighted by molar-refractivity contribution is 7.89. The smallest absolute Gasteiger partial charge is 0.207 e. The van der Waals surface area contributed by atoms with Crippen LogP contribution in [0.25, 0.3) is 16.8 Å². The molecule has 0 aromatic heterocycles. The fourth-order valence-corrected chi connectivity index (χ4v) is 4.63. The highest BCUT2D eigenvalue weighted by Crippen LogP contribution is 2.29. The van der Waals surface area contributed by atoms with E-state index in [0.29, 0.717) is 18.0 Å². The van der Waals surface area contributed by atoms with Crippen molar-refractivity contribution in [2.24, 2.45) is 0 Å². The lowest BCUT2D eigenvalue weighted by atomic mass is 9.99. The molecule has 25 heavy (non-hydrogen) atoms. The van der Waals surface area contributed by atoms with Gasteiger partial charge in [0, 0.05) is 13.1 Å². The molecule has 0 spiro atoms. The van der Waals surface area contributed by atoms with Crippen LogP contribution in [0, 0.1) is 6.92 Å². The second-order valence-corrected chi connectivity index (χ2v) is 8.31. The average molecular weight is 349 g/mol. The van der Waals surface area contributed by atoms with Crippen molar-refractivity contribution >= 4 is 26.9 Å². The van der Waals surface area contributed by atoms with Crippen molar-refractivity contribution in [3.05, 3.63) is 83.4 Å². The number of nitrogens with zero attached hydrogens (tertiary/aromatic N) is 1. The van der Waals surface area contributed by atoms with Gasteiger partial charge in [-0.1, -0.05) is 66.2 Å². The molecule has 1 aliphatic heterocycles. The lowest BCUT2D eigenvalue weighted by Gasteiger charge is -2.21. The predicted molar refractivity (Wildman–Crippen MR) is 102 cm³/mol. The minimum absolute atomic E-state index is 0.343. The van der Waals surface area contributed by atoms with Crippen LogP contribution in [0.2, 0.25) is 0 Å². The monoisotopic (exact) mass is 349 g/mol. The van der Waals surface area contributed by atoms with E-state index in [0.717, 1.165) is 27.5 Å². The maximum absolute atomic E-state index is 13.1. The van der Waals surface area contributed by atoms with Gasteiger partial charge in [0.1, 0.15) is 0 Å². The van der Waals surface area contributed by atoms with Gasteiger partial charge in [0.15, 0.2) is 0 Å². The highest BCUT2D eigenvalue weighted by Gasteiger charge is 2.26. The summed E-state index contributed by atoms with van der Waals surface area (Å²) in [4.78, 5) is 0.343. The summed E-state index contributed by atoms with van der Waals surface area (Å²) >= 11 is 0. The predicted octanol–water partition coefficient (Wildman–Crippen LogP) is 4.37. The van der Waals surface area contributed by atoms with E-state index in [1.54, 1.807) is 16.4 Å². The van der Waals surface area contributed by atoms with Crippen molar-refractivity contribution in [1.82, 2.24) is 4.31 Å². The lowest BCUT2D eigenvalue weighted by molar-refractivity contribution is 0.441. The van der Waals surface area contributed by atoms with E-state index in [9.17, 15) is 8.42 Å². The van der Waals surface area contributed by atoms with E-state index in [1.165, 1.54) is 0 Å². The van der Waals surface area contributed by atoms with Gasteiger partial charge in [0.25, 0.3) is 0 Å². The van der Waals surface area contributed by atoms with Crippen LogP contribution in [0.1, 0.15) is 16.7 Å². The molecule has 0 unspecified atom stereocenters. The van der Waals surface area contributed by atoms with Crippen molar-refractivity contribution in [2.45, 2.75) is 18.4 Å². The number of aryl methyl sites for hydroxylation is 1. The Morgan fingerprint density at radius 2 is 1.68 bits per heavy atom. The third kappa shape index (κ3) is 2.88. The van der Waals surface area contributed by atoms with Gasteiger partial charge in [-0.05, 0) is 41.0 Å². The zero-order valence-electron chi connectivity index (χ0n) is 14.0. The third-order valence-corrected chi connectivity index (χ3v) is 6.50. The quantitative estimate of drug-likeness (QED) is 0.689. The third-order valence-electron chi connectivity index (χ3n) is 4.68. The van der Waals surface area contributed by atoms with Gasteiger partial charge in [-0.25, -0.2) is 8.42 Å². The minimum atomic E-state index is -3.53. The largest absolute Gasteiger partial charge is 0.243 e. The second kappa shape index (κ2) is 6.14. The number of fused-ring (bicyclic) bond motifs is 3. The molecule has 0 saturated heterocycles. The van der Waals surface area contributed by atoms with Crippen LogP contribution in [-0.4, -0.2) is 19.3 Å². The molecule has 0 bridgehead atoms. The zero-order valence-corrected chi connectivity index (χ0v) is 14.8. The maximum atomic E-state index is 13.1. The molecule has 0 radical (unpaired) electrons. The van der Waals surface area contributed by atoms with Crippen LogP contribution >= 0.6 is 0 Å². The number of benzene rings is 3. The molecule has 3 aromatic carbocycles. The molecule has 126 valence electrons. The van der Waals surface area contributed by atoms with Crippen LogP contribution < -0.4 is 0 Å². The van der Waals surface area contributed by atoms with Gasteiger partial charge in [0.05, 0.1) is 4.90 Å². The second-order valence-electron chi connectivity index (χ2n) is 6.37. The van der Waals surface area contributed by atoms with Crippen LogP contribution in [0.3, 0.4) is 0 Å². The van der Waals surface area contributed by atoms with Crippen molar-refractivity contribution in [3.8, 4) is 0 Å². The molecule has 0 N–H and O–H groups in total. The first kappa shape index (κ1) is 16.1. The molecular formula is C21H19NO2S. The first-order valence-corrected chi connectivity index (χ1v) is 9.74. The number of rotatable bonds is 2. The minimum Gasteiger partial charge on any atom is -0.207 e. The van der Waals surface area contributed by atoms with E-state index in [-0.39, 0.29) is 0 Å². The van der Waals surface area contributed by atoms with E-state index in [1.807, 2.05) is 43.3 Å². The number of hydrogen-bond acceptors (Lipinski definition) is 2. The Labute approximate surface area is 148 Å². The fourth-order valence-electron chi connectivity index (χ4n) is 3.27. The standard InChI is InChI=1S/C21H19NO2S/c1-16-8-12-19(13-9-16)25(23,24)22-14-4-6-18-11-10-17-5-2-3-7-20(17)21(18)15-22/h2-13H,14-15H2,1H3. The SMILES string of the molecule is Cc1ccc(S(=O)(=O)N2CC=Cc3ccc4ccccc4c3C2)cc1. The summed E-state index contributed by atoms with van der Waals surface area (Å²) in [5, 5.41) is 2.24. The van der Waals surface area contributed by atoms with Gasteiger partial charge < -0.3 is 0 Å². The molecular weight excluding hydrogens is 330 g/mol. The Balaban J connectivity index is 1.80. The fraction of sp³-hybridized carbons (Fsp3) is 0.143. The van der Waals surface area contributed by atoms with Crippen LogP contribution in [0.4, 0.5) is 0 Å². The molecule has 0 atom stereocenters. The average Bonchev–Trinajstić information content (AvgIpc) is 2.85. The van der Waals surface area contributed by atoms with Crippen molar-refractivity contribution in [2.75, 3.05) is 6.54 Å². The summed E-state index contributed by atoms with van der Waals surface area (Å²) in [5.41, 5.74) is 3.19. The summed E-state index contributed by atoms with van der Waals surface area (Å²) < 4.78 is 27.7. The summed E-state index contributed by atoms with van der Waals surface area (Å²) in [7, 11) is -3.53. The molecule has 1 heterocycles. The molecule has 3 aromatic rings. The summed E-state index contributed by atoms with van der Waals surface area (Å²) in [6, 6.07) is 19.3. The molecule has 4 heteroatoms. The Morgan fingerprint density at radius 1 is 0.920 bits per heavy atom. The summed E-state index contributed by atoms with van der Waals surface area (Å²) in [6.45, 7) is 2.70. The maximum Gasteiger partial charge on any atom is 0.243 e. The zero-order chi connectivity index (χ0) is 17.4. The Hall–Kier alpha value is -2.43. The van der Waals surface area contributed by atoms with E-state index in [4.69, 9.17) is 0 Å². The van der Waals surface area contributed by atoms with Crippen LogP contribution in [-0.2, 0) is 16.6 Å². The number of hydrogen-bond donors (Lipinski definition) is 0. The van der Waals surface area contributed by atoms with E-state index < -0.39 is 10.0 Å². The molecule has 0 saturated carbocycles. The summed E-state index contributed by atoms with van der Waals surface area (Å²) in [6.07, 6.45) is 3.94. The van der Waals surface area contributed by atoms with E-state index >= 15 is 0 Å². The molecule has 0 fully saturated rings. The molecule has 0 aliphatic carbocycles. The first-order chi connectivity index (χ1) is 12.1. The van der Waals surface area contributed by atoms with Gasteiger partial charge in [-0.2, -0.15) is 4.31 Å². The van der Waals surface area contributed by atoms with Gasteiger partial charge in [0.2, 0.25) is 10.0 Å². The molecule has 0 amide bonds. The van der Waals surface area contributed by atoms with Gasteiger partial charge in [-0.15, -0.1) is 0 Å². The van der Waals surface area contributed by atoms with Crippen LogP contribution in [0.15, 0.2) is 71.6 Å². The highest BCUT2D eigenvalue weighted by atomic mass is 32.2. The van der Waals surface area contributed by atoms with Gasteiger partial charge in [-0.3, -0.25) is 0 Å². The molecule has 3 nitrogen and oxygen atoms in total. The first-order valence-electron chi connectivity index (χ1n) is 8.30. The van der Waals surface area contributed by atoms with Gasteiger partial charge >= 0.3 is 0 Å². The van der Waals surface area contributed by atoms with Crippen molar-refractivity contribution in [1.29, 1.82) is 0 Å². The van der Waals surface area contributed by atoms with Crippen molar-refractivity contribution < 1.29 is 8.42 Å². The topological polar surface area (TPSA) is 37.4 Å². The summed E-state index contributed by atoms with van der Waals surface area (Å²) in [5.74, 6) is 0. The Morgan fingerprint density at radius 3 is 2.48 bits per heavy atom. The molecule has 1 aliphatic rings. The normalized spacial score (nSPS) is 15.1.